The lowest BCUT2D eigenvalue weighted by Gasteiger charge is -2.24. The van der Waals surface area contributed by atoms with Gasteiger partial charge in [-0.05, 0) is 12.3 Å². The van der Waals surface area contributed by atoms with Crippen LogP contribution in [0.1, 0.15) is 19.8 Å². The molecule has 1 aliphatic rings. The summed E-state index contributed by atoms with van der Waals surface area (Å²) in [6, 6.07) is 0. The first-order chi connectivity index (χ1) is 5.05. The SMILES string of the molecule is CCC1CCS(=O)(=O)CC1F. The van der Waals surface area contributed by atoms with E-state index in [1.54, 1.807) is 0 Å². The van der Waals surface area contributed by atoms with Gasteiger partial charge >= 0.3 is 0 Å². The standard InChI is InChI=1S/C7H13FO2S/c1-2-6-3-4-11(9,10)5-7(6)8/h6-7H,2-5H2,1H3. The van der Waals surface area contributed by atoms with Gasteiger partial charge in [0.2, 0.25) is 0 Å². The molecule has 0 aromatic heterocycles. The maximum atomic E-state index is 13.0. The van der Waals surface area contributed by atoms with Crippen molar-refractivity contribution in [3.05, 3.63) is 0 Å². The van der Waals surface area contributed by atoms with E-state index in [1.807, 2.05) is 6.92 Å². The number of hydrogen-bond donors (Lipinski definition) is 0. The topological polar surface area (TPSA) is 34.1 Å². The zero-order valence-electron chi connectivity index (χ0n) is 6.59. The van der Waals surface area contributed by atoms with Crippen LogP contribution < -0.4 is 0 Å². The number of alkyl halides is 1. The van der Waals surface area contributed by atoms with Crippen LogP contribution in [0.2, 0.25) is 0 Å². The molecule has 1 fully saturated rings. The van der Waals surface area contributed by atoms with E-state index in [0.717, 1.165) is 6.42 Å². The van der Waals surface area contributed by atoms with Gasteiger partial charge in [0.15, 0.2) is 9.84 Å². The third-order valence-corrected chi connectivity index (χ3v) is 3.93. The molecule has 0 spiro atoms. The molecule has 66 valence electrons. The molecule has 0 bridgehead atoms. The summed E-state index contributed by atoms with van der Waals surface area (Å²) in [6.45, 7) is 1.90. The van der Waals surface area contributed by atoms with Crippen molar-refractivity contribution >= 4 is 9.84 Å². The molecule has 4 heteroatoms. The predicted octanol–water partition coefficient (Wildman–Crippen LogP) is 1.17. The molecule has 1 rings (SSSR count). The molecule has 0 radical (unpaired) electrons. The zero-order valence-corrected chi connectivity index (χ0v) is 7.40. The molecule has 0 N–H and O–H groups in total. The first-order valence-electron chi connectivity index (χ1n) is 3.89. The van der Waals surface area contributed by atoms with Crippen LogP contribution in [0.5, 0.6) is 0 Å². The molecule has 0 amide bonds. The summed E-state index contributed by atoms with van der Waals surface area (Å²) in [4.78, 5) is 0. The highest BCUT2D eigenvalue weighted by atomic mass is 32.2. The Labute approximate surface area is 66.7 Å². The summed E-state index contributed by atoms with van der Waals surface area (Å²) in [7, 11) is -3.05. The fraction of sp³-hybridized carbons (Fsp3) is 1.00. The fourth-order valence-electron chi connectivity index (χ4n) is 1.43. The largest absolute Gasteiger partial charge is 0.246 e. The molecule has 2 atom stereocenters. The van der Waals surface area contributed by atoms with Crippen molar-refractivity contribution in [2.45, 2.75) is 25.9 Å². The maximum absolute atomic E-state index is 13.0. The molecular weight excluding hydrogens is 167 g/mol. The average molecular weight is 180 g/mol. The molecule has 1 saturated heterocycles. The van der Waals surface area contributed by atoms with Crippen molar-refractivity contribution in [3.8, 4) is 0 Å². The smallest absolute Gasteiger partial charge is 0.153 e. The lowest BCUT2D eigenvalue weighted by Crippen LogP contribution is -2.33. The predicted molar refractivity (Wildman–Crippen MR) is 41.9 cm³/mol. The number of halogens is 1. The van der Waals surface area contributed by atoms with Gasteiger partial charge in [0.1, 0.15) is 6.17 Å². The van der Waals surface area contributed by atoms with Crippen molar-refractivity contribution in [1.82, 2.24) is 0 Å². The van der Waals surface area contributed by atoms with Crippen LogP contribution in [-0.2, 0) is 9.84 Å². The molecule has 1 heterocycles. The van der Waals surface area contributed by atoms with E-state index in [4.69, 9.17) is 0 Å². The van der Waals surface area contributed by atoms with Gasteiger partial charge < -0.3 is 0 Å². The van der Waals surface area contributed by atoms with Crippen LogP contribution in [0.25, 0.3) is 0 Å². The van der Waals surface area contributed by atoms with Gasteiger partial charge in [-0.15, -0.1) is 0 Å². The summed E-state index contributed by atoms with van der Waals surface area (Å²) in [5, 5.41) is 0. The lowest BCUT2D eigenvalue weighted by atomic mass is 9.98. The van der Waals surface area contributed by atoms with Crippen molar-refractivity contribution in [2.75, 3.05) is 11.5 Å². The Bertz CT molecular complexity index is 223. The minimum Gasteiger partial charge on any atom is -0.246 e. The molecule has 2 unspecified atom stereocenters. The van der Waals surface area contributed by atoms with E-state index in [1.165, 1.54) is 0 Å². The van der Waals surface area contributed by atoms with E-state index in [0.29, 0.717) is 6.42 Å². The van der Waals surface area contributed by atoms with Crippen LogP contribution >= 0.6 is 0 Å². The van der Waals surface area contributed by atoms with Crippen molar-refractivity contribution in [3.63, 3.8) is 0 Å². The molecule has 0 aromatic carbocycles. The minimum atomic E-state index is -3.05. The summed E-state index contributed by atoms with van der Waals surface area (Å²) >= 11 is 0. The number of rotatable bonds is 1. The molecule has 0 aromatic rings. The first kappa shape index (κ1) is 8.97. The maximum Gasteiger partial charge on any atom is 0.153 e. The zero-order chi connectivity index (χ0) is 8.48. The lowest BCUT2D eigenvalue weighted by molar-refractivity contribution is 0.231. The second-order valence-electron chi connectivity index (χ2n) is 3.09. The Morgan fingerprint density at radius 1 is 1.55 bits per heavy atom. The van der Waals surface area contributed by atoms with Gasteiger partial charge in [-0.1, -0.05) is 13.3 Å². The average Bonchev–Trinajstić information content (AvgIpc) is 1.86. The highest BCUT2D eigenvalue weighted by Gasteiger charge is 2.31. The third-order valence-electron chi connectivity index (χ3n) is 2.25. The van der Waals surface area contributed by atoms with Gasteiger partial charge in [0.05, 0.1) is 11.5 Å². The minimum absolute atomic E-state index is 0.0291. The number of hydrogen-bond acceptors (Lipinski definition) is 2. The summed E-state index contributed by atoms with van der Waals surface area (Å²) in [5.74, 6) is -0.115. The Morgan fingerprint density at radius 3 is 2.64 bits per heavy atom. The van der Waals surface area contributed by atoms with Gasteiger partial charge in [-0.25, -0.2) is 12.8 Å². The van der Waals surface area contributed by atoms with Crippen molar-refractivity contribution in [1.29, 1.82) is 0 Å². The van der Waals surface area contributed by atoms with Gasteiger partial charge in [-0.3, -0.25) is 0 Å². The Hall–Kier alpha value is -0.120. The van der Waals surface area contributed by atoms with Crippen molar-refractivity contribution < 1.29 is 12.8 Å². The monoisotopic (exact) mass is 180 g/mol. The first-order valence-corrected chi connectivity index (χ1v) is 5.72. The van der Waals surface area contributed by atoms with Gasteiger partial charge in [-0.2, -0.15) is 0 Å². The van der Waals surface area contributed by atoms with E-state index < -0.39 is 16.0 Å². The molecular formula is C7H13FO2S. The molecule has 1 aliphatic heterocycles. The van der Waals surface area contributed by atoms with Crippen LogP contribution in [0, 0.1) is 5.92 Å². The summed E-state index contributed by atoms with van der Waals surface area (Å²) in [5.41, 5.74) is 0. The highest BCUT2D eigenvalue weighted by Crippen LogP contribution is 2.24. The van der Waals surface area contributed by atoms with E-state index in [2.05, 4.69) is 0 Å². The second kappa shape index (κ2) is 3.09. The number of sulfone groups is 1. The van der Waals surface area contributed by atoms with Gasteiger partial charge in [0, 0.05) is 0 Å². The molecule has 2 nitrogen and oxygen atoms in total. The Balaban J connectivity index is 2.62. The summed E-state index contributed by atoms with van der Waals surface area (Å²) in [6.07, 6.45) is 0.121. The highest BCUT2D eigenvalue weighted by molar-refractivity contribution is 7.91. The van der Waals surface area contributed by atoms with E-state index in [-0.39, 0.29) is 17.4 Å². The van der Waals surface area contributed by atoms with E-state index in [9.17, 15) is 12.8 Å². The van der Waals surface area contributed by atoms with Crippen LogP contribution in [-0.4, -0.2) is 26.1 Å². The fourth-order valence-corrected chi connectivity index (χ4v) is 3.02. The molecule has 0 aliphatic carbocycles. The summed E-state index contributed by atoms with van der Waals surface area (Å²) < 4.78 is 34.7. The quantitative estimate of drug-likeness (QED) is 0.607. The van der Waals surface area contributed by atoms with Crippen LogP contribution in [0.3, 0.4) is 0 Å². The van der Waals surface area contributed by atoms with Crippen LogP contribution in [0.15, 0.2) is 0 Å². The Kier molecular flexibility index (Phi) is 2.52. The van der Waals surface area contributed by atoms with Gasteiger partial charge in [0.25, 0.3) is 0 Å². The van der Waals surface area contributed by atoms with Crippen LogP contribution in [0.4, 0.5) is 4.39 Å². The van der Waals surface area contributed by atoms with Crippen molar-refractivity contribution in [2.24, 2.45) is 5.92 Å². The second-order valence-corrected chi connectivity index (χ2v) is 5.32. The molecule has 0 saturated carbocycles. The normalized spacial score (nSPS) is 36.9. The third kappa shape index (κ3) is 2.15. The van der Waals surface area contributed by atoms with E-state index >= 15 is 0 Å². The Morgan fingerprint density at radius 2 is 2.18 bits per heavy atom. The molecule has 11 heavy (non-hydrogen) atoms.